The number of fused-ring (bicyclic) bond motifs is 11. The van der Waals surface area contributed by atoms with Crippen molar-refractivity contribution in [2.75, 3.05) is 0 Å². The lowest BCUT2D eigenvalue weighted by Crippen LogP contribution is -2.03. The summed E-state index contributed by atoms with van der Waals surface area (Å²) in [5.74, 6) is 1.53. The van der Waals surface area contributed by atoms with Crippen molar-refractivity contribution in [3.05, 3.63) is 121 Å². The Morgan fingerprint density at radius 3 is 2.20 bits per heavy atom. The number of hydrogen-bond acceptors (Lipinski definition) is 4. The molecule has 0 saturated carbocycles. The molecule has 0 aliphatic rings. The van der Waals surface area contributed by atoms with Crippen molar-refractivity contribution in [3.8, 4) is 17.2 Å². The first kappa shape index (κ1) is 21.4. The predicted octanol–water partition coefficient (Wildman–Crippen LogP) is 8.84. The monoisotopic (exact) mass is 512 g/mol. The Morgan fingerprint density at radius 2 is 1.30 bits per heavy atom. The molecule has 5 aromatic carbocycles. The fourth-order valence-corrected chi connectivity index (χ4v) is 6.15. The number of aromatic nitrogens is 4. The lowest BCUT2D eigenvalue weighted by Gasteiger charge is -2.13. The molecule has 4 aromatic heterocycles. The number of furan rings is 1. The van der Waals surface area contributed by atoms with Crippen LogP contribution < -0.4 is 0 Å². The van der Waals surface area contributed by atoms with Gasteiger partial charge in [-0.15, -0.1) is 0 Å². The van der Waals surface area contributed by atoms with Gasteiger partial charge in [0.05, 0.1) is 21.9 Å². The normalized spacial score (nSPS) is 12.0. The summed E-state index contributed by atoms with van der Waals surface area (Å²) in [6.45, 7) is 0. The molecule has 4 heterocycles. The molecular weight excluding hydrogens is 492 g/mol. The maximum absolute atomic E-state index is 6.53. The summed E-state index contributed by atoms with van der Waals surface area (Å²) < 4.78 is 8.84. The quantitative estimate of drug-likeness (QED) is 0.232. The lowest BCUT2D eigenvalue weighted by molar-refractivity contribution is 0.672. The summed E-state index contributed by atoms with van der Waals surface area (Å²) in [5.41, 5.74) is 6.49. The van der Waals surface area contributed by atoms with Crippen molar-refractivity contribution in [1.29, 1.82) is 0 Å². The number of benzene rings is 5. The molecule has 0 amide bonds. The van der Waals surface area contributed by atoms with E-state index < -0.39 is 0 Å². The Bertz CT molecular complexity index is 2440. The van der Waals surface area contributed by atoms with Crippen LogP contribution in [0.25, 0.3) is 82.8 Å². The molecule has 0 N–H and O–H groups in total. The molecule has 0 aliphatic heterocycles. The second-order valence-corrected chi connectivity index (χ2v) is 10.0. The largest absolute Gasteiger partial charge is 0.454 e. The molecule has 5 nitrogen and oxygen atoms in total. The SMILES string of the molecule is c1ccc(-c2nc(-n3c4ccccc4c4c5cccnc5c5oc6ccccc6c5c43)c3ccccc3n2)cc1. The molecule has 0 bridgehead atoms. The Balaban J connectivity index is 1.58. The summed E-state index contributed by atoms with van der Waals surface area (Å²) >= 11 is 0. The van der Waals surface area contributed by atoms with Crippen molar-refractivity contribution in [1.82, 2.24) is 19.5 Å². The van der Waals surface area contributed by atoms with Gasteiger partial charge in [0.2, 0.25) is 0 Å². The van der Waals surface area contributed by atoms with Crippen molar-refractivity contribution in [2.24, 2.45) is 0 Å². The summed E-state index contributed by atoms with van der Waals surface area (Å²) in [7, 11) is 0. The van der Waals surface area contributed by atoms with Gasteiger partial charge in [0, 0.05) is 38.7 Å². The van der Waals surface area contributed by atoms with Crippen LogP contribution in [0, 0.1) is 0 Å². The molecule has 0 aliphatic carbocycles. The second-order valence-electron chi connectivity index (χ2n) is 10.0. The first-order valence-electron chi connectivity index (χ1n) is 13.3. The molecule has 9 aromatic rings. The van der Waals surface area contributed by atoms with Gasteiger partial charge < -0.3 is 4.42 Å². The van der Waals surface area contributed by atoms with Crippen molar-refractivity contribution in [2.45, 2.75) is 0 Å². The smallest absolute Gasteiger partial charge is 0.163 e. The Labute approximate surface area is 228 Å². The first-order chi connectivity index (χ1) is 19.9. The molecule has 0 fully saturated rings. The lowest BCUT2D eigenvalue weighted by atomic mass is 10.0. The van der Waals surface area contributed by atoms with E-state index in [0.29, 0.717) is 5.82 Å². The van der Waals surface area contributed by atoms with Gasteiger partial charge in [-0.1, -0.05) is 84.9 Å². The summed E-state index contributed by atoms with van der Waals surface area (Å²) in [5, 5.41) is 6.42. The maximum atomic E-state index is 6.53. The third kappa shape index (κ3) is 2.83. The molecule has 0 radical (unpaired) electrons. The number of hydrogen-bond donors (Lipinski definition) is 0. The van der Waals surface area contributed by atoms with E-state index in [1.165, 1.54) is 0 Å². The van der Waals surface area contributed by atoms with Crippen LogP contribution in [0.4, 0.5) is 0 Å². The molecule has 9 rings (SSSR count). The van der Waals surface area contributed by atoms with Crippen LogP contribution in [0.2, 0.25) is 0 Å². The summed E-state index contributed by atoms with van der Waals surface area (Å²) in [6, 6.07) is 39.3. The average Bonchev–Trinajstić information content (AvgIpc) is 3.58. The van der Waals surface area contributed by atoms with Crippen LogP contribution in [0.1, 0.15) is 0 Å². The van der Waals surface area contributed by atoms with E-state index in [9.17, 15) is 0 Å². The maximum Gasteiger partial charge on any atom is 0.163 e. The van der Waals surface area contributed by atoms with Crippen molar-refractivity contribution >= 4 is 65.6 Å². The number of pyridine rings is 1. The average molecular weight is 513 g/mol. The molecule has 0 saturated heterocycles. The van der Waals surface area contributed by atoms with Gasteiger partial charge in [-0.05, 0) is 30.3 Å². The topological polar surface area (TPSA) is 56.7 Å². The van der Waals surface area contributed by atoms with Gasteiger partial charge in [-0.25, -0.2) is 9.97 Å². The van der Waals surface area contributed by atoms with Crippen LogP contribution >= 0.6 is 0 Å². The zero-order chi connectivity index (χ0) is 26.2. The molecule has 186 valence electrons. The number of nitrogens with zero attached hydrogens (tertiary/aromatic N) is 4. The number of para-hydroxylation sites is 3. The minimum atomic E-state index is 0.691. The van der Waals surface area contributed by atoms with Gasteiger partial charge in [-0.3, -0.25) is 9.55 Å². The van der Waals surface area contributed by atoms with Crippen LogP contribution in [-0.2, 0) is 0 Å². The van der Waals surface area contributed by atoms with Gasteiger partial charge in [0.15, 0.2) is 11.4 Å². The van der Waals surface area contributed by atoms with E-state index in [0.717, 1.165) is 76.9 Å². The summed E-state index contributed by atoms with van der Waals surface area (Å²) in [6.07, 6.45) is 1.84. The molecule has 0 unspecified atom stereocenters. The van der Waals surface area contributed by atoms with E-state index in [4.69, 9.17) is 19.4 Å². The summed E-state index contributed by atoms with van der Waals surface area (Å²) in [4.78, 5) is 15.1. The highest BCUT2D eigenvalue weighted by atomic mass is 16.3. The minimum absolute atomic E-state index is 0.691. The van der Waals surface area contributed by atoms with Crippen LogP contribution in [0.3, 0.4) is 0 Å². The van der Waals surface area contributed by atoms with E-state index in [1.54, 1.807) is 0 Å². The van der Waals surface area contributed by atoms with E-state index in [1.807, 2.05) is 54.7 Å². The Hall–Kier alpha value is -5.55. The molecule has 0 spiro atoms. The van der Waals surface area contributed by atoms with E-state index >= 15 is 0 Å². The Morgan fingerprint density at radius 1 is 0.575 bits per heavy atom. The zero-order valence-electron chi connectivity index (χ0n) is 21.2. The van der Waals surface area contributed by atoms with Crippen LogP contribution in [0.5, 0.6) is 0 Å². The van der Waals surface area contributed by atoms with Crippen molar-refractivity contribution < 1.29 is 4.42 Å². The van der Waals surface area contributed by atoms with Gasteiger partial charge in [0.1, 0.15) is 16.9 Å². The fourth-order valence-electron chi connectivity index (χ4n) is 6.15. The molecule has 0 atom stereocenters. The first-order valence-corrected chi connectivity index (χ1v) is 13.3. The minimum Gasteiger partial charge on any atom is -0.454 e. The van der Waals surface area contributed by atoms with E-state index in [-0.39, 0.29) is 0 Å². The molecule has 40 heavy (non-hydrogen) atoms. The highest BCUT2D eigenvalue weighted by molar-refractivity contribution is 6.34. The van der Waals surface area contributed by atoms with Gasteiger partial charge in [0.25, 0.3) is 0 Å². The van der Waals surface area contributed by atoms with Gasteiger partial charge >= 0.3 is 0 Å². The highest BCUT2D eigenvalue weighted by Crippen LogP contribution is 2.45. The van der Waals surface area contributed by atoms with Gasteiger partial charge in [-0.2, -0.15) is 0 Å². The third-order valence-corrected chi connectivity index (χ3v) is 7.83. The highest BCUT2D eigenvalue weighted by Gasteiger charge is 2.25. The van der Waals surface area contributed by atoms with E-state index in [2.05, 4.69) is 71.3 Å². The van der Waals surface area contributed by atoms with Crippen LogP contribution in [0.15, 0.2) is 126 Å². The third-order valence-electron chi connectivity index (χ3n) is 7.83. The number of rotatable bonds is 2. The van der Waals surface area contributed by atoms with Crippen molar-refractivity contribution in [3.63, 3.8) is 0 Å². The fraction of sp³-hybridized carbons (Fsp3) is 0. The standard InChI is InChI=1S/C35H20N4O/c1-2-11-21(12-3-1)34-37-26-17-7-4-13-22(26)35(38-34)39-27-18-8-5-14-23(27)29-25-16-10-20-36-31(25)33-30(32(29)39)24-15-6-9-19-28(24)40-33/h1-20H. The predicted molar refractivity (Wildman–Crippen MR) is 162 cm³/mol. The van der Waals surface area contributed by atoms with Crippen LogP contribution in [-0.4, -0.2) is 19.5 Å². The second kappa shape index (κ2) is 7.98. The Kier molecular flexibility index (Phi) is 4.27. The molecule has 5 heteroatoms. The zero-order valence-corrected chi connectivity index (χ0v) is 21.2. The molecular formula is C35H20N4O.